The minimum Gasteiger partial charge on any atom is -0.325 e. The lowest BCUT2D eigenvalue weighted by atomic mass is 10.1. The molecule has 2 aromatic rings. The van der Waals surface area contributed by atoms with Gasteiger partial charge in [0.05, 0.1) is 5.25 Å². The largest absolute Gasteiger partial charge is 0.325 e. The molecule has 0 bridgehead atoms. The van der Waals surface area contributed by atoms with Crippen LogP contribution in [0.25, 0.3) is 0 Å². The second-order valence-electron chi connectivity index (χ2n) is 4.92. The fourth-order valence-corrected chi connectivity index (χ4v) is 3.96. The lowest BCUT2D eigenvalue weighted by Crippen LogP contribution is -2.24. The molecule has 0 saturated heterocycles. The Morgan fingerprint density at radius 2 is 2.15 bits per heavy atom. The second kappa shape index (κ2) is 5.62. The molecule has 1 unspecified atom stereocenters. The summed E-state index contributed by atoms with van der Waals surface area (Å²) >= 11 is 5.07. The van der Waals surface area contributed by atoms with Crippen molar-refractivity contribution in [2.24, 2.45) is 0 Å². The van der Waals surface area contributed by atoms with Crippen molar-refractivity contribution in [2.75, 3.05) is 5.32 Å². The maximum absolute atomic E-state index is 12.3. The van der Waals surface area contributed by atoms with E-state index in [1.807, 2.05) is 24.3 Å². The number of anilines is 1. The summed E-state index contributed by atoms with van der Waals surface area (Å²) in [6.45, 7) is 2.08. The highest BCUT2D eigenvalue weighted by molar-refractivity contribution is 9.10. The number of halogens is 1. The third-order valence-electron chi connectivity index (χ3n) is 3.28. The third kappa shape index (κ3) is 2.91. The van der Waals surface area contributed by atoms with E-state index >= 15 is 0 Å². The first-order valence-electron chi connectivity index (χ1n) is 6.44. The van der Waals surface area contributed by atoms with Crippen molar-refractivity contribution in [2.45, 2.75) is 23.5 Å². The van der Waals surface area contributed by atoms with Gasteiger partial charge in [-0.1, -0.05) is 39.7 Å². The number of thioether (sulfide) groups is 1. The number of aryl methyl sites for hydroxylation is 1. The number of benzene rings is 2. The first kappa shape index (κ1) is 13.7. The van der Waals surface area contributed by atoms with Gasteiger partial charge in [0.1, 0.15) is 0 Å². The number of carbonyl (C=O) groups excluding carboxylic acids is 1. The van der Waals surface area contributed by atoms with Crippen LogP contribution in [0.3, 0.4) is 0 Å². The van der Waals surface area contributed by atoms with E-state index in [0.717, 1.165) is 16.6 Å². The predicted molar refractivity (Wildman–Crippen MR) is 87.3 cm³/mol. The van der Waals surface area contributed by atoms with Crippen LogP contribution in [0.4, 0.5) is 5.69 Å². The Morgan fingerprint density at radius 3 is 2.95 bits per heavy atom. The number of nitrogens with one attached hydrogen (secondary N) is 1. The molecule has 20 heavy (non-hydrogen) atoms. The van der Waals surface area contributed by atoms with Gasteiger partial charge in [0.2, 0.25) is 5.91 Å². The molecular weight excluding hydrogens is 334 g/mol. The molecule has 1 N–H and O–H groups in total. The predicted octanol–water partition coefficient (Wildman–Crippen LogP) is 4.41. The molecule has 2 nitrogen and oxygen atoms in total. The van der Waals surface area contributed by atoms with E-state index in [0.29, 0.717) is 0 Å². The molecule has 1 aliphatic heterocycles. The Hall–Kier alpha value is -1.26. The zero-order valence-corrected chi connectivity index (χ0v) is 13.4. The highest BCUT2D eigenvalue weighted by Crippen LogP contribution is 2.38. The number of rotatable bonds is 2. The van der Waals surface area contributed by atoms with Gasteiger partial charge in [0, 0.05) is 15.1 Å². The maximum atomic E-state index is 12.3. The molecule has 1 heterocycles. The molecular formula is C16H14BrNOS. The molecule has 4 heteroatoms. The van der Waals surface area contributed by atoms with Crippen molar-refractivity contribution in [1.82, 2.24) is 0 Å². The highest BCUT2D eigenvalue weighted by Gasteiger charge is 2.28. The average molecular weight is 348 g/mol. The van der Waals surface area contributed by atoms with Crippen molar-refractivity contribution >= 4 is 39.3 Å². The summed E-state index contributed by atoms with van der Waals surface area (Å²) < 4.78 is 0.966. The van der Waals surface area contributed by atoms with Gasteiger partial charge in [0.25, 0.3) is 0 Å². The van der Waals surface area contributed by atoms with Gasteiger partial charge in [0.15, 0.2) is 0 Å². The molecule has 3 rings (SSSR count). The number of amides is 1. The molecule has 0 aliphatic carbocycles. The molecule has 0 fully saturated rings. The Kier molecular flexibility index (Phi) is 3.85. The standard InChI is InChI=1S/C16H14BrNOS/c1-10-5-6-11-8-15(20-14(11)7-10)16(19)18-13-4-2-3-12(17)9-13/h2-7,9,15H,8H2,1H3,(H,18,19). The third-order valence-corrected chi connectivity index (χ3v) is 5.07. The Bertz CT molecular complexity index is 671. The maximum Gasteiger partial charge on any atom is 0.238 e. The van der Waals surface area contributed by atoms with Crippen LogP contribution < -0.4 is 5.32 Å². The zero-order chi connectivity index (χ0) is 14.1. The molecule has 0 aromatic heterocycles. The molecule has 1 amide bonds. The summed E-state index contributed by atoms with van der Waals surface area (Å²) in [4.78, 5) is 13.6. The molecule has 1 aliphatic rings. The van der Waals surface area contributed by atoms with E-state index in [-0.39, 0.29) is 11.2 Å². The van der Waals surface area contributed by atoms with Gasteiger partial charge in [-0.25, -0.2) is 0 Å². The molecule has 102 valence electrons. The van der Waals surface area contributed by atoms with Crippen molar-refractivity contribution < 1.29 is 4.79 Å². The number of hydrogen-bond acceptors (Lipinski definition) is 2. The first-order chi connectivity index (χ1) is 9.61. The topological polar surface area (TPSA) is 29.1 Å². The van der Waals surface area contributed by atoms with Crippen molar-refractivity contribution in [3.05, 3.63) is 58.1 Å². The van der Waals surface area contributed by atoms with E-state index in [1.165, 1.54) is 16.0 Å². The number of fused-ring (bicyclic) bond motifs is 1. The SMILES string of the molecule is Cc1ccc2c(c1)SC(C(=O)Nc1cccc(Br)c1)C2. The van der Waals surface area contributed by atoms with Crippen LogP contribution >= 0.6 is 27.7 Å². The van der Waals surface area contributed by atoms with Crippen molar-refractivity contribution in [3.8, 4) is 0 Å². The van der Waals surface area contributed by atoms with Gasteiger partial charge in [-0.15, -0.1) is 11.8 Å². The van der Waals surface area contributed by atoms with E-state index in [2.05, 4.69) is 46.4 Å². The van der Waals surface area contributed by atoms with Crippen molar-refractivity contribution in [3.63, 3.8) is 0 Å². The van der Waals surface area contributed by atoms with Crippen LogP contribution in [0.15, 0.2) is 51.8 Å². The summed E-state index contributed by atoms with van der Waals surface area (Å²) in [5, 5.41) is 2.95. The van der Waals surface area contributed by atoms with Gasteiger partial charge in [-0.3, -0.25) is 4.79 Å². The summed E-state index contributed by atoms with van der Waals surface area (Å²) in [7, 11) is 0. The van der Waals surface area contributed by atoms with Crippen LogP contribution in [0.5, 0.6) is 0 Å². The quantitative estimate of drug-likeness (QED) is 0.871. The normalized spacial score (nSPS) is 16.8. The van der Waals surface area contributed by atoms with Crippen LogP contribution in [-0.2, 0) is 11.2 Å². The fourth-order valence-electron chi connectivity index (χ4n) is 2.27. The monoisotopic (exact) mass is 347 g/mol. The Balaban J connectivity index is 1.71. The van der Waals surface area contributed by atoms with E-state index < -0.39 is 0 Å². The number of hydrogen-bond donors (Lipinski definition) is 1. The molecule has 0 radical (unpaired) electrons. The van der Waals surface area contributed by atoms with Gasteiger partial charge in [-0.05, 0) is 43.2 Å². The second-order valence-corrected chi connectivity index (χ2v) is 7.08. The van der Waals surface area contributed by atoms with E-state index in [4.69, 9.17) is 0 Å². The summed E-state index contributed by atoms with van der Waals surface area (Å²) in [6, 6.07) is 14.1. The van der Waals surface area contributed by atoms with Gasteiger partial charge >= 0.3 is 0 Å². The summed E-state index contributed by atoms with van der Waals surface area (Å²) in [6.07, 6.45) is 0.806. The minimum absolute atomic E-state index is 0.0363. The molecule has 0 saturated carbocycles. The van der Waals surface area contributed by atoms with E-state index in [1.54, 1.807) is 11.8 Å². The summed E-state index contributed by atoms with van der Waals surface area (Å²) in [5.74, 6) is 0.0713. The van der Waals surface area contributed by atoms with Gasteiger partial charge in [-0.2, -0.15) is 0 Å². The smallest absolute Gasteiger partial charge is 0.238 e. The molecule has 1 atom stereocenters. The van der Waals surface area contributed by atoms with Crippen LogP contribution in [0.2, 0.25) is 0 Å². The molecule has 2 aromatic carbocycles. The average Bonchev–Trinajstić information content (AvgIpc) is 2.81. The summed E-state index contributed by atoms with van der Waals surface area (Å²) in [5.41, 5.74) is 3.34. The lowest BCUT2D eigenvalue weighted by Gasteiger charge is -2.10. The number of carbonyl (C=O) groups is 1. The first-order valence-corrected chi connectivity index (χ1v) is 8.12. The minimum atomic E-state index is -0.0363. The van der Waals surface area contributed by atoms with Crippen LogP contribution in [0.1, 0.15) is 11.1 Å². The Morgan fingerprint density at radius 1 is 1.30 bits per heavy atom. The van der Waals surface area contributed by atoms with E-state index in [9.17, 15) is 4.79 Å². The van der Waals surface area contributed by atoms with Crippen LogP contribution in [-0.4, -0.2) is 11.2 Å². The highest BCUT2D eigenvalue weighted by atomic mass is 79.9. The van der Waals surface area contributed by atoms with Gasteiger partial charge < -0.3 is 5.32 Å². The van der Waals surface area contributed by atoms with Crippen LogP contribution in [0, 0.1) is 6.92 Å². The zero-order valence-electron chi connectivity index (χ0n) is 11.0. The fraction of sp³-hybridized carbons (Fsp3) is 0.188. The molecule has 0 spiro atoms. The van der Waals surface area contributed by atoms with Crippen molar-refractivity contribution in [1.29, 1.82) is 0 Å². The Labute approximate surface area is 131 Å². The lowest BCUT2D eigenvalue weighted by molar-refractivity contribution is -0.115.